The zero-order chi connectivity index (χ0) is 17.7. The molecule has 1 spiro atoms. The van der Waals surface area contributed by atoms with Gasteiger partial charge in [0.2, 0.25) is 0 Å². The fourth-order valence-corrected chi connectivity index (χ4v) is 3.04. The molecule has 1 aromatic carbocycles. The van der Waals surface area contributed by atoms with Crippen LogP contribution in [0.5, 0.6) is 5.75 Å². The average Bonchev–Trinajstić information content (AvgIpc) is 3.10. The Labute approximate surface area is 146 Å². The summed E-state index contributed by atoms with van der Waals surface area (Å²) in [5.41, 5.74) is 6.52. The first-order valence-electron chi connectivity index (χ1n) is 8.28. The van der Waals surface area contributed by atoms with Gasteiger partial charge in [-0.05, 0) is 12.1 Å². The van der Waals surface area contributed by atoms with E-state index in [0.717, 1.165) is 0 Å². The Bertz CT molecular complexity index is 633. The molecule has 0 aliphatic carbocycles. The third kappa shape index (κ3) is 4.02. The van der Waals surface area contributed by atoms with Crippen molar-refractivity contribution in [2.45, 2.75) is 18.6 Å². The van der Waals surface area contributed by atoms with Crippen molar-refractivity contribution in [2.75, 3.05) is 40.0 Å². The van der Waals surface area contributed by atoms with E-state index in [-0.39, 0.29) is 18.3 Å². The number of hydrogen-bond acceptors (Lipinski definition) is 6. The number of likely N-dealkylation sites (tertiary alicyclic amines) is 1. The minimum absolute atomic E-state index is 0.135. The molecule has 0 aromatic heterocycles. The summed E-state index contributed by atoms with van der Waals surface area (Å²) in [7, 11) is 1.55. The van der Waals surface area contributed by atoms with Gasteiger partial charge in [0.25, 0.3) is 5.91 Å². The number of piperidine rings is 1. The number of oxime groups is 1. The minimum atomic E-state index is -0.496. The monoisotopic (exact) mass is 349 g/mol. The van der Waals surface area contributed by atoms with E-state index in [9.17, 15) is 4.79 Å². The SMILES string of the molecule is COc1ccccc1C(N)=NOCC(=O)N1CCC2(CC1)OCCO2. The number of nitrogens with two attached hydrogens (primary N) is 1. The molecule has 8 heteroatoms. The van der Waals surface area contributed by atoms with Gasteiger partial charge in [-0.3, -0.25) is 4.79 Å². The molecule has 0 unspecified atom stereocenters. The zero-order valence-corrected chi connectivity index (χ0v) is 14.3. The second-order valence-corrected chi connectivity index (χ2v) is 5.94. The van der Waals surface area contributed by atoms with Crippen LogP contribution in [0.25, 0.3) is 0 Å². The predicted octanol–water partition coefficient (Wildman–Crippen LogP) is 0.698. The lowest BCUT2D eigenvalue weighted by atomic mass is 10.0. The Kier molecular flexibility index (Phi) is 5.40. The van der Waals surface area contributed by atoms with Gasteiger partial charge in [0.1, 0.15) is 5.75 Å². The second-order valence-electron chi connectivity index (χ2n) is 5.94. The summed E-state index contributed by atoms with van der Waals surface area (Å²) in [4.78, 5) is 19.1. The van der Waals surface area contributed by atoms with Gasteiger partial charge in [0.05, 0.1) is 25.9 Å². The highest BCUT2D eigenvalue weighted by Crippen LogP contribution is 2.31. The van der Waals surface area contributed by atoms with Crippen LogP contribution >= 0.6 is 0 Å². The summed E-state index contributed by atoms with van der Waals surface area (Å²) >= 11 is 0. The molecule has 2 heterocycles. The van der Waals surface area contributed by atoms with Crippen molar-refractivity contribution < 1.29 is 23.8 Å². The van der Waals surface area contributed by atoms with E-state index < -0.39 is 5.79 Å². The molecule has 2 aliphatic rings. The smallest absolute Gasteiger partial charge is 0.263 e. The van der Waals surface area contributed by atoms with Gasteiger partial charge in [-0.1, -0.05) is 17.3 Å². The molecule has 1 amide bonds. The number of nitrogens with zero attached hydrogens (tertiary/aromatic N) is 2. The van der Waals surface area contributed by atoms with Gasteiger partial charge in [-0.15, -0.1) is 0 Å². The van der Waals surface area contributed by atoms with Crippen LogP contribution in [0.15, 0.2) is 29.4 Å². The number of ether oxygens (including phenoxy) is 3. The molecular weight excluding hydrogens is 326 g/mol. The molecule has 0 radical (unpaired) electrons. The molecule has 2 saturated heterocycles. The molecule has 0 atom stereocenters. The summed E-state index contributed by atoms with van der Waals surface area (Å²) in [6, 6.07) is 7.21. The lowest BCUT2D eigenvalue weighted by Gasteiger charge is -2.37. The van der Waals surface area contributed by atoms with Crippen LogP contribution in [0.4, 0.5) is 0 Å². The van der Waals surface area contributed by atoms with E-state index in [1.807, 2.05) is 12.1 Å². The topological polar surface area (TPSA) is 95.6 Å². The molecular formula is C17H23N3O5. The number of para-hydroxylation sites is 1. The largest absolute Gasteiger partial charge is 0.496 e. The normalized spacial score (nSPS) is 19.9. The maximum atomic E-state index is 12.2. The molecule has 136 valence electrons. The Morgan fingerprint density at radius 1 is 1.28 bits per heavy atom. The molecule has 2 aliphatic heterocycles. The molecule has 25 heavy (non-hydrogen) atoms. The van der Waals surface area contributed by atoms with E-state index in [4.69, 9.17) is 24.8 Å². The molecule has 0 saturated carbocycles. The Morgan fingerprint density at radius 2 is 1.96 bits per heavy atom. The van der Waals surface area contributed by atoms with Crippen molar-refractivity contribution in [3.05, 3.63) is 29.8 Å². The van der Waals surface area contributed by atoms with E-state index in [2.05, 4.69) is 5.16 Å². The Balaban J connectivity index is 1.49. The third-order valence-corrected chi connectivity index (χ3v) is 4.43. The fourth-order valence-electron chi connectivity index (χ4n) is 3.04. The van der Waals surface area contributed by atoms with Gasteiger partial charge in [-0.25, -0.2) is 0 Å². The van der Waals surface area contributed by atoms with Crippen LogP contribution < -0.4 is 10.5 Å². The highest BCUT2D eigenvalue weighted by Gasteiger charge is 2.40. The van der Waals surface area contributed by atoms with Crippen LogP contribution in [0.2, 0.25) is 0 Å². The first-order chi connectivity index (χ1) is 12.1. The Morgan fingerprint density at radius 3 is 2.64 bits per heavy atom. The van der Waals surface area contributed by atoms with Gasteiger partial charge in [-0.2, -0.15) is 0 Å². The third-order valence-electron chi connectivity index (χ3n) is 4.43. The fraction of sp³-hybridized carbons (Fsp3) is 0.529. The van der Waals surface area contributed by atoms with Crippen LogP contribution in [-0.2, 0) is 19.1 Å². The number of methoxy groups -OCH3 is 1. The molecule has 2 fully saturated rings. The van der Waals surface area contributed by atoms with Gasteiger partial charge in [0.15, 0.2) is 18.2 Å². The molecule has 0 bridgehead atoms. The Hall–Kier alpha value is -2.32. The first-order valence-corrected chi connectivity index (χ1v) is 8.28. The maximum Gasteiger partial charge on any atom is 0.263 e. The quantitative estimate of drug-likeness (QED) is 0.478. The summed E-state index contributed by atoms with van der Waals surface area (Å²) in [5.74, 6) is 0.126. The lowest BCUT2D eigenvalue weighted by molar-refractivity contribution is -0.188. The van der Waals surface area contributed by atoms with E-state index >= 15 is 0 Å². The minimum Gasteiger partial charge on any atom is -0.496 e. The van der Waals surface area contributed by atoms with Gasteiger partial charge >= 0.3 is 0 Å². The van der Waals surface area contributed by atoms with Crippen molar-refractivity contribution in [1.29, 1.82) is 0 Å². The van der Waals surface area contributed by atoms with Crippen molar-refractivity contribution in [3.63, 3.8) is 0 Å². The molecule has 3 rings (SSSR count). The van der Waals surface area contributed by atoms with Crippen LogP contribution in [0.1, 0.15) is 18.4 Å². The molecule has 8 nitrogen and oxygen atoms in total. The van der Waals surface area contributed by atoms with E-state index in [0.29, 0.717) is 50.5 Å². The number of rotatable bonds is 5. The number of amidine groups is 1. The number of carbonyl (C=O) groups excluding carboxylic acids is 1. The lowest BCUT2D eigenvalue weighted by Crippen LogP contribution is -2.48. The van der Waals surface area contributed by atoms with E-state index in [1.165, 1.54) is 0 Å². The van der Waals surface area contributed by atoms with Crippen LogP contribution in [0, 0.1) is 0 Å². The number of amides is 1. The van der Waals surface area contributed by atoms with Crippen molar-refractivity contribution in [2.24, 2.45) is 10.9 Å². The molecule has 1 aromatic rings. The highest BCUT2D eigenvalue weighted by atomic mass is 16.7. The summed E-state index contributed by atoms with van der Waals surface area (Å²) < 4.78 is 16.5. The van der Waals surface area contributed by atoms with E-state index in [1.54, 1.807) is 24.1 Å². The number of carbonyl (C=O) groups is 1. The summed E-state index contributed by atoms with van der Waals surface area (Å²) in [5, 5.41) is 3.83. The zero-order valence-electron chi connectivity index (χ0n) is 14.3. The molecule has 2 N–H and O–H groups in total. The van der Waals surface area contributed by atoms with Gasteiger partial charge in [0, 0.05) is 25.9 Å². The van der Waals surface area contributed by atoms with Crippen LogP contribution in [-0.4, -0.2) is 62.4 Å². The second kappa shape index (κ2) is 7.71. The average molecular weight is 349 g/mol. The number of hydrogen-bond donors (Lipinski definition) is 1. The maximum absolute atomic E-state index is 12.2. The standard InChI is InChI=1S/C17H23N3O5/c1-22-14-5-3-2-4-13(14)16(18)19-25-12-15(21)20-8-6-17(7-9-20)23-10-11-24-17/h2-5H,6-12H2,1H3,(H2,18,19). The first kappa shape index (κ1) is 17.5. The predicted molar refractivity (Wildman–Crippen MR) is 90.1 cm³/mol. The van der Waals surface area contributed by atoms with Crippen molar-refractivity contribution >= 4 is 11.7 Å². The summed E-state index contributed by atoms with van der Waals surface area (Å²) in [6.07, 6.45) is 1.34. The van der Waals surface area contributed by atoms with Gasteiger partial charge < -0.3 is 29.7 Å². The number of benzene rings is 1. The summed E-state index contributed by atoms with van der Waals surface area (Å²) in [6.45, 7) is 2.23. The van der Waals surface area contributed by atoms with Crippen LogP contribution in [0.3, 0.4) is 0 Å². The van der Waals surface area contributed by atoms with Crippen molar-refractivity contribution in [3.8, 4) is 5.75 Å². The van der Waals surface area contributed by atoms with Crippen molar-refractivity contribution in [1.82, 2.24) is 4.90 Å². The highest BCUT2D eigenvalue weighted by molar-refractivity contribution is 5.99.